The second-order valence-electron chi connectivity index (χ2n) is 10.1. The Hall–Kier alpha value is -4.35. The number of fused-ring (bicyclic) bond motifs is 3. The van der Waals surface area contributed by atoms with Crippen molar-refractivity contribution < 1.29 is 14.2 Å². The van der Waals surface area contributed by atoms with Crippen molar-refractivity contribution >= 4 is 45.6 Å². The normalized spacial score (nSPS) is 17.2. The summed E-state index contributed by atoms with van der Waals surface area (Å²) in [7, 11) is 4.85. The van der Waals surface area contributed by atoms with Crippen LogP contribution < -0.4 is 29.7 Å². The zero-order valence-corrected chi connectivity index (χ0v) is 24.2. The van der Waals surface area contributed by atoms with Gasteiger partial charge in [0.25, 0.3) is 0 Å². The van der Waals surface area contributed by atoms with Gasteiger partial charge >= 0.3 is 0 Å². The van der Waals surface area contributed by atoms with E-state index in [9.17, 15) is 0 Å². The molecule has 2 atom stereocenters. The summed E-state index contributed by atoms with van der Waals surface area (Å²) in [5.74, 6) is 2.32. The van der Waals surface area contributed by atoms with Crippen LogP contribution in [0.15, 0.2) is 48.9 Å². The number of benzene rings is 2. The molecular formula is C29H31ClN8O3. The number of hydrogen-bond donors (Lipinski definition) is 2. The number of halogens is 1. The lowest BCUT2D eigenvalue weighted by atomic mass is 10.0. The van der Waals surface area contributed by atoms with Crippen LogP contribution >= 0.6 is 11.6 Å². The van der Waals surface area contributed by atoms with E-state index in [1.165, 1.54) is 0 Å². The number of nitrogens with one attached hydrogen (secondary N) is 2. The van der Waals surface area contributed by atoms with Crippen molar-refractivity contribution in [2.75, 3.05) is 44.6 Å². The van der Waals surface area contributed by atoms with E-state index in [1.54, 1.807) is 39.9 Å². The molecule has 11 nitrogen and oxygen atoms in total. The van der Waals surface area contributed by atoms with Gasteiger partial charge in [0, 0.05) is 65.7 Å². The van der Waals surface area contributed by atoms with Crippen molar-refractivity contribution in [1.29, 1.82) is 0 Å². The molecular weight excluding hydrogens is 544 g/mol. The monoisotopic (exact) mass is 574 g/mol. The highest BCUT2D eigenvalue weighted by atomic mass is 35.5. The number of pyridine rings is 1. The molecule has 5 aromatic rings. The van der Waals surface area contributed by atoms with E-state index in [2.05, 4.69) is 50.6 Å². The molecule has 0 amide bonds. The maximum absolute atomic E-state index is 6.71. The number of methoxy groups -OCH3 is 3. The lowest BCUT2D eigenvalue weighted by Crippen LogP contribution is -2.54. The van der Waals surface area contributed by atoms with Crippen LogP contribution in [0.4, 0.5) is 17.3 Å². The van der Waals surface area contributed by atoms with Crippen molar-refractivity contribution in [3.63, 3.8) is 0 Å². The summed E-state index contributed by atoms with van der Waals surface area (Å²) in [5, 5.41) is 16.6. The molecule has 0 aliphatic carbocycles. The van der Waals surface area contributed by atoms with E-state index in [4.69, 9.17) is 30.8 Å². The van der Waals surface area contributed by atoms with Crippen LogP contribution in [-0.4, -0.2) is 71.1 Å². The van der Waals surface area contributed by atoms with Crippen LogP contribution in [0.5, 0.6) is 17.2 Å². The largest absolute Gasteiger partial charge is 0.497 e. The average molecular weight is 575 g/mol. The minimum absolute atomic E-state index is 0.393. The molecule has 1 aliphatic rings. The molecule has 1 fully saturated rings. The maximum Gasteiger partial charge on any atom is 0.229 e. The first-order chi connectivity index (χ1) is 19.9. The van der Waals surface area contributed by atoms with Gasteiger partial charge in [0.2, 0.25) is 5.95 Å². The first-order valence-corrected chi connectivity index (χ1v) is 13.6. The number of piperazine rings is 1. The number of ether oxygens (including phenoxy) is 3. The minimum Gasteiger partial charge on any atom is -0.497 e. The van der Waals surface area contributed by atoms with Gasteiger partial charge in [0.15, 0.2) is 11.3 Å². The molecule has 12 heteroatoms. The summed E-state index contributed by atoms with van der Waals surface area (Å²) in [6, 6.07) is 12.4. The van der Waals surface area contributed by atoms with Crippen LogP contribution in [0.25, 0.3) is 27.8 Å². The van der Waals surface area contributed by atoms with Crippen molar-refractivity contribution in [1.82, 2.24) is 29.9 Å². The third kappa shape index (κ3) is 5.02. The van der Waals surface area contributed by atoms with E-state index >= 15 is 0 Å². The summed E-state index contributed by atoms with van der Waals surface area (Å²) in [5.41, 5.74) is 4.55. The van der Waals surface area contributed by atoms with Crippen LogP contribution in [-0.2, 0) is 0 Å². The zero-order chi connectivity index (χ0) is 28.7. The van der Waals surface area contributed by atoms with Gasteiger partial charge in [0.05, 0.1) is 32.0 Å². The van der Waals surface area contributed by atoms with Gasteiger partial charge in [-0.15, -0.1) is 10.2 Å². The third-order valence-electron chi connectivity index (χ3n) is 7.21. The van der Waals surface area contributed by atoms with Crippen LogP contribution in [0.1, 0.15) is 13.8 Å². The molecule has 0 bridgehead atoms. The predicted octanol–water partition coefficient (Wildman–Crippen LogP) is 4.95. The molecule has 4 heterocycles. The molecule has 0 radical (unpaired) electrons. The molecule has 41 heavy (non-hydrogen) atoms. The van der Waals surface area contributed by atoms with Crippen molar-refractivity contribution in [3.8, 4) is 28.4 Å². The molecule has 6 rings (SSSR count). The average Bonchev–Trinajstić information content (AvgIpc) is 3.47. The van der Waals surface area contributed by atoms with Gasteiger partial charge < -0.3 is 29.7 Å². The zero-order valence-electron chi connectivity index (χ0n) is 23.5. The highest BCUT2D eigenvalue weighted by Crippen LogP contribution is 2.41. The Labute approximate surface area is 242 Å². The molecule has 0 spiro atoms. The summed E-state index contributed by atoms with van der Waals surface area (Å²) < 4.78 is 18.5. The predicted molar refractivity (Wildman–Crippen MR) is 160 cm³/mol. The first-order valence-electron chi connectivity index (χ1n) is 13.3. The van der Waals surface area contributed by atoms with Gasteiger partial charge in [-0.3, -0.25) is 4.40 Å². The Morgan fingerprint density at radius 1 is 0.927 bits per heavy atom. The molecule has 1 saturated heterocycles. The molecule has 3 aromatic heterocycles. The van der Waals surface area contributed by atoms with Crippen molar-refractivity contribution in [2.45, 2.75) is 25.9 Å². The first kappa shape index (κ1) is 26.9. The van der Waals surface area contributed by atoms with Gasteiger partial charge in [-0.1, -0.05) is 11.6 Å². The minimum atomic E-state index is 0.393. The second-order valence-corrected chi connectivity index (χ2v) is 10.5. The SMILES string of the molecule is COc1cc(OC)c(Cl)c(-c2cc3cnc(Nc4ccc(N5C[C@@H](C)N[C@@H](C)C5)c(OC)c4)nc3n3cnnc23)c1. The number of rotatable bonds is 7. The van der Waals surface area contributed by atoms with Crippen molar-refractivity contribution in [2.24, 2.45) is 0 Å². The molecule has 0 unspecified atom stereocenters. The van der Waals surface area contributed by atoms with Crippen LogP contribution in [0, 0.1) is 0 Å². The Kier molecular flexibility index (Phi) is 7.14. The number of nitrogens with zero attached hydrogens (tertiary/aromatic N) is 6. The highest BCUT2D eigenvalue weighted by Gasteiger charge is 2.24. The fourth-order valence-corrected chi connectivity index (χ4v) is 5.72. The number of anilines is 3. The maximum atomic E-state index is 6.71. The van der Waals surface area contributed by atoms with Gasteiger partial charge in [-0.2, -0.15) is 4.98 Å². The Bertz CT molecular complexity index is 1730. The van der Waals surface area contributed by atoms with E-state index in [0.29, 0.717) is 51.4 Å². The number of hydrogen-bond acceptors (Lipinski definition) is 10. The second kappa shape index (κ2) is 10.9. The lowest BCUT2D eigenvalue weighted by Gasteiger charge is -2.38. The van der Waals surface area contributed by atoms with E-state index in [1.807, 2.05) is 28.7 Å². The highest BCUT2D eigenvalue weighted by molar-refractivity contribution is 6.35. The van der Waals surface area contributed by atoms with E-state index < -0.39 is 0 Å². The molecule has 2 aromatic carbocycles. The molecule has 1 aliphatic heterocycles. The fraction of sp³-hybridized carbons (Fsp3) is 0.310. The smallest absolute Gasteiger partial charge is 0.229 e. The quantitative estimate of drug-likeness (QED) is 0.277. The standard InChI is InChI=1S/C29H31ClN8O3/c1-16-13-37(14-17(2)33-16)23-7-6-19(9-24(23)40-4)34-29-31-12-18-8-22(28-36-32-15-38(28)27(18)35-29)21-10-20(39-3)11-25(41-5)26(21)30/h6-12,15-17,33H,13-14H2,1-5H3,(H,31,34,35)/t16-,17+. The summed E-state index contributed by atoms with van der Waals surface area (Å²) in [6.45, 7) is 6.21. The third-order valence-corrected chi connectivity index (χ3v) is 7.60. The summed E-state index contributed by atoms with van der Waals surface area (Å²) in [4.78, 5) is 11.7. The van der Waals surface area contributed by atoms with E-state index in [-0.39, 0.29) is 0 Å². The van der Waals surface area contributed by atoms with Crippen LogP contribution in [0.3, 0.4) is 0 Å². The van der Waals surface area contributed by atoms with Gasteiger partial charge in [-0.25, -0.2) is 4.98 Å². The van der Waals surface area contributed by atoms with Crippen molar-refractivity contribution in [3.05, 3.63) is 53.9 Å². The molecule has 2 N–H and O–H groups in total. The number of aromatic nitrogens is 5. The molecule has 0 saturated carbocycles. The van der Waals surface area contributed by atoms with E-state index in [0.717, 1.165) is 41.2 Å². The topological polar surface area (TPSA) is 111 Å². The Balaban J connectivity index is 1.36. The lowest BCUT2D eigenvalue weighted by molar-refractivity contribution is 0.391. The van der Waals surface area contributed by atoms with Crippen LogP contribution in [0.2, 0.25) is 5.02 Å². The fourth-order valence-electron chi connectivity index (χ4n) is 5.43. The molecule has 212 valence electrons. The van der Waals surface area contributed by atoms with Gasteiger partial charge in [-0.05, 0) is 38.1 Å². The van der Waals surface area contributed by atoms with Gasteiger partial charge in [0.1, 0.15) is 23.6 Å². The summed E-state index contributed by atoms with van der Waals surface area (Å²) in [6.07, 6.45) is 3.38. The Morgan fingerprint density at radius 2 is 1.71 bits per heavy atom. The Morgan fingerprint density at radius 3 is 2.44 bits per heavy atom. The summed E-state index contributed by atoms with van der Waals surface area (Å²) >= 11 is 6.71.